The van der Waals surface area contributed by atoms with Gasteiger partial charge in [-0.3, -0.25) is 9.59 Å². The van der Waals surface area contributed by atoms with Gasteiger partial charge in [0, 0.05) is 19.7 Å². The number of rotatable bonds is 14. The van der Waals surface area contributed by atoms with Gasteiger partial charge in [0.2, 0.25) is 10.0 Å². The van der Waals surface area contributed by atoms with Crippen molar-refractivity contribution in [3.63, 3.8) is 0 Å². The molecule has 10 nitrogen and oxygen atoms in total. The number of ether oxygens (including phenoxy) is 2. The lowest BCUT2D eigenvalue weighted by atomic mass is 10.1. The lowest BCUT2D eigenvalue weighted by Crippen LogP contribution is -2.40. The molecule has 3 aromatic carbocycles. The van der Waals surface area contributed by atoms with Crippen molar-refractivity contribution < 1.29 is 27.5 Å². The van der Waals surface area contributed by atoms with Crippen LogP contribution in [0.1, 0.15) is 24.0 Å². The molecule has 1 aliphatic heterocycles. The van der Waals surface area contributed by atoms with Crippen LogP contribution in [0.5, 0.6) is 5.75 Å². The summed E-state index contributed by atoms with van der Waals surface area (Å²) in [5.74, 6) is -0.276. The van der Waals surface area contributed by atoms with Crippen LogP contribution in [0, 0.1) is 0 Å². The Morgan fingerprint density at radius 1 is 0.976 bits per heavy atom. The predicted octanol–water partition coefficient (Wildman–Crippen LogP) is 2.74. The van der Waals surface area contributed by atoms with Crippen molar-refractivity contribution in [1.29, 1.82) is 0 Å². The highest BCUT2D eigenvalue weighted by Crippen LogP contribution is 2.16. The van der Waals surface area contributed by atoms with E-state index in [1.165, 1.54) is 18.3 Å². The Morgan fingerprint density at radius 2 is 1.68 bits per heavy atom. The van der Waals surface area contributed by atoms with E-state index in [1.807, 2.05) is 30.3 Å². The molecule has 0 bridgehead atoms. The molecule has 1 heterocycles. The highest BCUT2D eigenvalue weighted by atomic mass is 32.2. The molecule has 0 spiro atoms. The van der Waals surface area contributed by atoms with E-state index >= 15 is 0 Å². The lowest BCUT2D eigenvalue weighted by Gasteiger charge is -2.21. The van der Waals surface area contributed by atoms with Gasteiger partial charge in [0.15, 0.2) is 6.61 Å². The molecule has 1 unspecified atom stereocenters. The van der Waals surface area contributed by atoms with Crippen LogP contribution >= 0.6 is 0 Å². The smallest absolute Gasteiger partial charge is 0.258 e. The summed E-state index contributed by atoms with van der Waals surface area (Å²) in [5, 5.41) is 6.77. The number of benzene rings is 3. The first-order valence-electron chi connectivity index (χ1n) is 13.4. The normalized spacial score (nSPS) is 15.2. The Kier molecular flexibility index (Phi) is 11.0. The third kappa shape index (κ3) is 9.52. The molecule has 216 valence electrons. The van der Waals surface area contributed by atoms with Gasteiger partial charge in [0.05, 0.1) is 23.8 Å². The molecule has 11 heteroatoms. The monoisotopic (exact) mass is 578 g/mol. The van der Waals surface area contributed by atoms with Crippen LogP contribution in [-0.2, 0) is 30.8 Å². The molecule has 4 rings (SSSR count). The van der Waals surface area contributed by atoms with E-state index in [1.54, 1.807) is 42.5 Å². The molecule has 2 N–H and O–H groups in total. The van der Waals surface area contributed by atoms with Crippen molar-refractivity contribution in [2.75, 3.05) is 32.8 Å². The Morgan fingerprint density at radius 3 is 2.37 bits per heavy atom. The maximum absolute atomic E-state index is 13.3. The number of amides is 2. The van der Waals surface area contributed by atoms with Crippen LogP contribution in [0.3, 0.4) is 0 Å². The number of hydrazone groups is 1. The Labute approximate surface area is 240 Å². The average Bonchev–Trinajstić information content (AvgIpc) is 3.52. The van der Waals surface area contributed by atoms with Gasteiger partial charge in [0.1, 0.15) is 5.75 Å². The molecule has 1 fully saturated rings. The van der Waals surface area contributed by atoms with Crippen LogP contribution in [0.4, 0.5) is 0 Å². The maximum atomic E-state index is 13.3. The Hall–Kier alpha value is -4.06. The molecular weight excluding hydrogens is 544 g/mol. The summed E-state index contributed by atoms with van der Waals surface area (Å²) in [4.78, 5) is 24.8. The second-order valence-electron chi connectivity index (χ2n) is 9.48. The van der Waals surface area contributed by atoms with Crippen molar-refractivity contribution in [2.24, 2.45) is 5.10 Å². The molecule has 0 aliphatic carbocycles. The number of nitrogens with one attached hydrogen (secondary N) is 2. The molecule has 0 saturated carbocycles. The highest BCUT2D eigenvalue weighted by molar-refractivity contribution is 7.89. The number of carbonyl (C=O) groups is 2. The second kappa shape index (κ2) is 15.1. The number of carbonyl (C=O) groups excluding carboxylic acids is 2. The maximum Gasteiger partial charge on any atom is 0.258 e. The summed E-state index contributed by atoms with van der Waals surface area (Å²) in [7, 11) is -3.90. The van der Waals surface area contributed by atoms with Crippen LogP contribution in [-0.4, -0.2) is 69.7 Å². The fraction of sp³-hybridized carbons (Fsp3) is 0.300. The van der Waals surface area contributed by atoms with E-state index in [0.29, 0.717) is 24.3 Å². The van der Waals surface area contributed by atoms with Crippen molar-refractivity contribution in [3.8, 4) is 5.75 Å². The minimum atomic E-state index is -3.90. The highest BCUT2D eigenvalue weighted by Gasteiger charge is 2.26. The largest absolute Gasteiger partial charge is 0.484 e. The minimum Gasteiger partial charge on any atom is -0.484 e. The first-order valence-corrected chi connectivity index (χ1v) is 14.9. The van der Waals surface area contributed by atoms with Gasteiger partial charge in [0.25, 0.3) is 11.8 Å². The van der Waals surface area contributed by atoms with Gasteiger partial charge in [-0.05, 0) is 66.8 Å². The summed E-state index contributed by atoms with van der Waals surface area (Å²) in [6.07, 6.45) is 3.93. The van der Waals surface area contributed by atoms with Gasteiger partial charge in [-0.2, -0.15) is 9.41 Å². The summed E-state index contributed by atoms with van der Waals surface area (Å²) in [6.45, 7) is 0.851. The summed E-state index contributed by atoms with van der Waals surface area (Å²) >= 11 is 0. The molecule has 0 aromatic heterocycles. The van der Waals surface area contributed by atoms with E-state index in [9.17, 15) is 18.0 Å². The van der Waals surface area contributed by atoms with Gasteiger partial charge in [-0.1, -0.05) is 48.5 Å². The topological polar surface area (TPSA) is 126 Å². The zero-order valence-corrected chi connectivity index (χ0v) is 23.5. The van der Waals surface area contributed by atoms with Crippen LogP contribution in [0.2, 0.25) is 0 Å². The zero-order valence-electron chi connectivity index (χ0n) is 22.6. The number of hydrogen-bond acceptors (Lipinski definition) is 7. The van der Waals surface area contributed by atoms with Gasteiger partial charge in [-0.25, -0.2) is 13.8 Å². The van der Waals surface area contributed by atoms with E-state index in [0.717, 1.165) is 29.3 Å². The fourth-order valence-electron chi connectivity index (χ4n) is 4.18. The third-order valence-corrected chi connectivity index (χ3v) is 8.26. The minimum absolute atomic E-state index is 0.0728. The van der Waals surface area contributed by atoms with Crippen LogP contribution < -0.4 is 15.5 Å². The molecule has 1 saturated heterocycles. The summed E-state index contributed by atoms with van der Waals surface area (Å²) < 4.78 is 38.7. The van der Waals surface area contributed by atoms with Gasteiger partial charge < -0.3 is 14.8 Å². The van der Waals surface area contributed by atoms with E-state index < -0.39 is 15.9 Å². The summed E-state index contributed by atoms with van der Waals surface area (Å²) in [5.41, 5.74) is 4.05. The molecule has 1 aliphatic rings. The van der Waals surface area contributed by atoms with Crippen molar-refractivity contribution >= 4 is 28.1 Å². The fourth-order valence-corrected chi connectivity index (χ4v) is 5.60. The van der Waals surface area contributed by atoms with Crippen LogP contribution in [0.25, 0.3) is 0 Å². The molecular formula is C30H34N4O6S. The van der Waals surface area contributed by atoms with Crippen molar-refractivity contribution in [1.82, 2.24) is 15.0 Å². The Balaban J connectivity index is 1.27. The first kappa shape index (κ1) is 29.9. The number of hydrogen-bond donors (Lipinski definition) is 2. The summed E-state index contributed by atoms with van der Waals surface area (Å²) in [6, 6.07) is 24.3. The Bertz CT molecular complexity index is 1390. The van der Waals surface area contributed by atoms with E-state index in [-0.39, 0.29) is 36.6 Å². The number of sulfonamides is 1. The molecule has 2 amide bonds. The quantitative estimate of drug-likeness (QED) is 0.224. The van der Waals surface area contributed by atoms with E-state index in [2.05, 4.69) is 15.8 Å². The zero-order chi connectivity index (χ0) is 28.9. The van der Waals surface area contributed by atoms with E-state index in [4.69, 9.17) is 9.47 Å². The number of nitrogens with zero attached hydrogens (tertiary/aromatic N) is 2. The van der Waals surface area contributed by atoms with Gasteiger partial charge >= 0.3 is 0 Å². The molecule has 0 radical (unpaired) electrons. The van der Waals surface area contributed by atoms with Gasteiger partial charge in [-0.15, -0.1) is 0 Å². The molecule has 41 heavy (non-hydrogen) atoms. The van der Waals surface area contributed by atoms with Crippen LogP contribution in [0.15, 0.2) is 94.9 Å². The molecule has 1 atom stereocenters. The average molecular weight is 579 g/mol. The lowest BCUT2D eigenvalue weighted by molar-refractivity contribution is -0.123. The van der Waals surface area contributed by atoms with Crippen molar-refractivity contribution in [2.45, 2.75) is 30.3 Å². The molecule has 3 aromatic rings. The first-order chi connectivity index (χ1) is 19.9. The SMILES string of the molecule is O=C(COc1ccc(/C=N\NC(=O)CN(CCc2ccccc2)S(=O)(=O)c2ccccc2)cc1)NCC1CCCO1. The standard InChI is InChI=1S/C30H34N4O6S/c35-29(22-34(18-17-24-8-3-1-4-9-24)41(37,38)28-11-5-2-6-12-28)33-32-20-25-13-15-26(16-14-25)40-23-30(36)31-21-27-10-7-19-39-27/h1-6,8-9,11-16,20,27H,7,10,17-19,21-23H2,(H,31,36)(H,33,35)/b32-20-. The predicted molar refractivity (Wildman–Crippen MR) is 155 cm³/mol. The van der Waals surface area contributed by atoms with Crippen molar-refractivity contribution in [3.05, 3.63) is 96.1 Å². The third-order valence-electron chi connectivity index (χ3n) is 6.40. The second-order valence-corrected chi connectivity index (χ2v) is 11.4.